The van der Waals surface area contributed by atoms with E-state index in [2.05, 4.69) is 15.1 Å². The summed E-state index contributed by atoms with van der Waals surface area (Å²) in [4.78, 5) is 2.11. The minimum atomic E-state index is 0.452. The molecule has 0 aliphatic heterocycles. The Balaban J connectivity index is 2.50. The van der Waals surface area contributed by atoms with Crippen LogP contribution in [0.3, 0.4) is 0 Å². The molecule has 1 heterocycles. The Hall–Kier alpha value is -0.940. The molecule has 0 spiro atoms. The van der Waals surface area contributed by atoms with Crippen molar-refractivity contribution in [3.63, 3.8) is 0 Å². The van der Waals surface area contributed by atoms with Crippen molar-refractivity contribution in [2.75, 3.05) is 20.6 Å². The predicted molar refractivity (Wildman–Crippen MR) is 46.5 cm³/mol. The summed E-state index contributed by atoms with van der Waals surface area (Å²) in [6.45, 7) is 2.32. The molecule has 0 unspecified atom stereocenters. The van der Waals surface area contributed by atoms with Gasteiger partial charge in [-0.1, -0.05) is 0 Å². The van der Waals surface area contributed by atoms with Crippen molar-refractivity contribution in [2.24, 2.45) is 5.73 Å². The second-order valence-corrected chi connectivity index (χ2v) is 2.95. The Bertz CT molecular complexity index is 229. The van der Waals surface area contributed by atoms with E-state index >= 15 is 0 Å². The minimum absolute atomic E-state index is 0.452. The van der Waals surface area contributed by atoms with Crippen LogP contribution in [-0.2, 0) is 13.1 Å². The Kier molecular flexibility index (Phi) is 3.19. The van der Waals surface area contributed by atoms with Crippen LogP contribution < -0.4 is 5.73 Å². The quantitative estimate of drug-likeness (QED) is 0.647. The molecule has 12 heavy (non-hydrogen) atoms. The van der Waals surface area contributed by atoms with Crippen LogP contribution in [0.1, 0.15) is 5.82 Å². The standard InChI is InChI=1S/C7H15N5/c1-11(2)3-4-12-6-9-10-7(12)5-8/h6H,3-5,8H2,1-2H3. The summed E-state index contributed by atoms with van der Waals surface area (Å²) < 4.78 is 1.97. The molecular weight excluding hydrogens is 154 g/mol. The molecule has 0 radical (unpaired) electrons. The fourth-order valence-electron chi connectivity index (χ4n) is 0.931. The van der Waals surface area contributed by atoms with Crippen molar-refractivity contribution in [3.8, 4) is 0 Å². The van der Waals surface area contributed by atoms with Crippen molar-refractivity contribution >= 4 is 0 Å². The van der Waals surface area contributed by atoms with E-state index in [1.807, 2.05) is 18.7 Å². The van der Waals surface area contributed by atoms with Crippen LogP contribution in [0.15, 0.2) is 6.33 Å². The Morgan fingerprint density at radius 3 is 2.92 bits per heavy atom. The summed E-state index contributed by atoms with van der Waals surface area (Å²) >= 11 is 0. The molecule has 2 N–H and O–H groups in total. The Morgan fingerprint density at radius 1 is 1.58 bits per heavy atom. The fraction of sp³-hybridized carbons (Fsp3) is 0.714. The van der Waals surface area contributed by atoms with Gasteiger partial charge in [-0.15, -0.1) is 10.2 Å². The molecule has 0 saturated heterocycles. The number of hydrogen-bond acceptors (Lipinski definition) is 4. The lowest BCUT2D eigenvalue weighted by Gasteiger charge is -2.10. The van der Waals surface area contributed by atoms with Gasteiger partial charge in [-0.3, -0.25) is 0 Å². The van der Waals surface area contributed by atoms with E-state index in [-0.39, 0.29) is 0 Å². The normalized spacial score (nSPS) is 11.0. The molecule has 0 fully saturated rings. The van der Waals surface area contributed by atoms with Crippen molar-refractivity contribution in [2.45, 2.75) is 13.1 Å². The smallest absolute Gasteiger partial charge is 0.146 e. The first kappa shape index (κ1) is 9.15. The average molecular weight is 169 g/mol. The maximum absolute atomic E-state index is 5.46. The molecule has 1 aromatic rings. The molecule has 0 atom stereocenters. The highest BCUT2D eigenvalue weighted by Crippen LogP contribution is 1.93. The van der Waals surface area contributed by atoms with Crippen LogP contribution in [0.5, 0.6) is 0 Å². The van der Waals surface area contributed by atoms with Crippen LogP contribution in [0.25, 0.3) is 0 Å². The summed E-state index contributed by atoms with van der Waals surface area (Å²) in [7, 11) is 4.07. The first-order chi connectivity index (χ1) is 5.74. The second-order valence-electron chi connectivity index (χ2n) is 2.95. The average Bonchev–Trinajstić information content (AvgIpc) is 2.47. The lowest BCUT2D eigenvalue weighted by molar-refractivity contribution is 0.380. The van der Waals surface area contributed by atoms with E-state index in [0.717, 1.165) is 18.9 Å². The molecule has 5 nitrogen and oxygen atoms in total. The van der Waals surface area contributed by atoms with E-state index < -0.39 is 0 Å². The van der Waals surface area contributed by atoms with Crippen LogP contribution in [0.4, 0.5) is 0 Å². The number of rotatable bonds is 4. The van der Waals surface area contributed by atoms with E-state index in [4.69, 9.17) is 5.73 Å². The summed E-state index contributed by atoms with van der Waals surface area (Å²) in [5, 5.41) is 7.67. The van der Waals surface area contributed by atoms with Gasteiger partial charge < -0.3 is 15.2 Å². The molecule has 0 amide bonds. The van der Waals surface area contributed by atoms with Gasteiger partial charge in [-0.05, 0) is 14.1 Å². The number of likely N-dealkylation sites (N-methyl/N-ethyl adjacent to an activating group) is 1. The highest BCUT2D eigenvalue weighted by molar-refractivity contribution is 4.83. The van der Waals surface area contributed by atoms with Crippen LogP contribution in [0.2, 0.25) is 0 Å². The molecule has 0 bridgehead atoms. The molecule has 68 valence electrons. The Labute approximate surface area is 72.2 Å². The molecule has 0 aliphatic carbocycles. The molecular formula is C7H15N5. The molecule has 0 saturated carbocycles. The largest absolute Gasteiger partial charge is 0.324 e. The molecule has 0 aliphatic rings. The first-order valence-electron chi connectivity index (χ1n) is 3.95. The van der Waals surface area contributed by atoms with Gasteiger partial charge in [-0.2, -0.15) is 0 Å². The number of nitrogens with two attached hydrogens (primary N) is 1. The zero-order chi connectivity index (χ0) is 8.97. The van der Waals surface area contributed by atoms with E-state index in [9.17, 15) is 0 Å². The third-order valence-corrected chi connectivity index (χ3v) is 1.67. The van der Waals surface area contributed by atoms with Gasteiger partial charge in [-0.25, -0.2) is 0 Å². The number of nitrogens with zero attached hydrogens (tertiary/aromatic N) is 4. The fourth-order valence-corrected chi connectivity index (χ4v) is 0.931. The molecule has 5 heteroatoms. The van der Waals surface area contributed by atoms with Crippen molar-refractivity contribution < 1.29 is 0 Å². The number of aromatic nitrogens is 3. The zero-order valence-corrected chi connectivity index (χ0v) is 7.56. The van der Waals surface area contributed by atoms with Gasteiger partial charge in [0.1, 0.15) is 12.2 Å². The monoisotopic (exact) mass is 169 g/mol. The summed E-state index contributed by atoms with van der Waals surface area (Å²) in [5.74, 6) is 0.844. The SMILES string of the molecule is CN(C)CCn1cnnc1CN. The summed E-state index contributed by atoms with van der Waals surface area (Å²) in [5.41, 5.74) is 5.46. The van der Waals surface area contributed by atoms with Crippen LogP contribution >= 0.6 is 0 Å². The Morgan fingerprint density at radius 2 is 2.33 bits per heavy atom. The summed E-state index contributed by atoms with van der Waals surface area (Å²) in [6, 6.07) is 0. The molecule has 1 aromatic heterocycles. The van der Waals surface area contributed by atoms with Gasteiger partial charge in [0, 0.05) is 13.1 Å². The predicted octanol–water partition coefficient (Wildman–Crippen LogP) is -0.702. The van der Waals surface area contributed by atoms with Crippen molar-refractivity contribution in [1.29, 1.82) is 0 Å². The summed E-state index contributed by atoms with van der Waals surface area (Å²) in [6.07, 6.45) is 1.71. The van der Waals surface area contributed by atoms with Gasteiger partial charge in [0.2, 0.25) is 0 Å². The first-order valence-corrected chi connectivity index (χ1v) is 3.95. The van der Waals surface area contributed by atoms with Gasteiger partial charge in [0.15, 0.2) is 0 Å². The van der Waals surface area contributed by atoms with Gasteiger partial charge >= 0.3 is 0 Å². The highest BCUT2D eigenvalue weighted by Gasteiger charge is 2.00. The third kappa shape index (κ3) is 2.28. The van der Waals surface area contributed by atoms with Crippen molar-refractivity contribution in [1.82, 2.24) is 19.7 Å². The van der Waals surface area contributed by atoms with Crippen LogP contribution in [0, 0.1) is 0 Å². The second kappa shape index (κ2) is 4.18. The molecule has 1 rings (SSSR count). The number of hydrogen-bond donors (Lipinski definition) is 1. The maximum Gasteiger partial charge on any atom is 0.146 e. The van der Waals surface area contributed by atoms with Gasteiger partial charge in [0.05, 0.1) is 6.54 Å². The van der Waals surface area contributed by atoms with Crippen LogP contribution in [-0.4, -0.2) is 40.3 Å². The topological polar surface area (TPSA) is 60.0 Å². The highest BCUT2D eigenvalue weighted by atomic mass is 15.3. The maximum atomic E-state index is 5.46. The lowest BCUT2D eigenvalue weighted by Crippen LogP contribution is -2.20. The third-order valence-electron chi connectivity index (χ3n) is 1.67. The van der Waals surface area contributed by atoms with E-state index in [0.29, 0.717) is 6.54 Å². The molecule has 0 aromatic carbocycles. The minimum Gasteiger partial charge on any atom is -0.324 e. The van der Waals surface area contributed by atoms with E-state index in [1.54, 1.807) is 6.33 Å². The van der Waals surface area contributed by atoms with Gasteiger partial charge in [0.25, 0.3) is 0 Å². The van der Waals surface area contributed by atoms with E-state index in [1.165, 1.54) is 0 Å². The zero-order valence-electron chi connectivity index (χ0n) is 7.56. The lowest BCUT2D eigenvalue weighted by atomic mass is 10.5. The van der Waals surface area contributed by atoms with Crippen molar-refractivity contribution in [3.05, 3.63) is 12.2 Å².